The Hall–Kier alpha value is -2.81. The molecule has 0 heterocycles. The Balaban J connectivity index is 2.57. The molecule has 0 aliphatic carbocycles. The molecule has 2 aromatic rings. The summed E-state index contributed by atoms with van der Waals surface area (Å²) in [5.74, 6) is 0. The molecule has 108 valence electrons. The fourth-order valence-electron chi connectivity index (χ4n) is 1.69. The first-order chi connectivity index (χ1) is 9.82. The van der Waals surface area contributed by atoms with E-state index in [0.717, 1.165) is 12.1 Å². The van der Waals surface area contributed by atoms with Gasteiger partial charge in [0.05, 0.1) is 19.6 Å². The van der Waals surface area contributed by atoms with Gasteiger partial charge in [0.2, 0.25) is 0 Å². The number of benzene rings is 2. The Morgan fingerprint density at radius 1 is 0.857 bits per heavy atom. The topological polar surface area (TPSA) is 127 Å². The van der Waals surface area contributed by atoms with Crippen LogP contribution in [0.25, 0.3) is 0 Å². The Kier molecular flexibility index (Phi) is 3.68. The van der Waals surface area contributed by atoms with E-state index in [1.807, 2.05) is 0 Å². The molecule has 21 heavy (non-hydrogen) atoms. The van der Waals surface area contributed by atoms with Gasteiger partial charge < -0.3 is 0 Å². The van der Waals surface area contributed by atoms with Gasteiger partial charge in [-0.3, -0.25) is 20.2 Å². The van der Waals surface area contributed by atoms with Crippen LogP contribution >= 0.6 is 0 Å². The molecular weight excluding hydrogens is 298 g/mol. The number of nitrogens with one attached hydrogen (secondary N) is 1. The number of hydrogen-bond acceptors (Lipinski definition) is 6. The van der Waals surface area contributed by atoms with E-state index in [0.29, 0.717) is 0 Å². The summed E-state index contributed by atoms with van der Waals surface area (Å²) in [5.41, 5.74) is -0.587. The molecule has 0 aliphatic heterocycles. The van der Waals surface area contributed by atoms with Crippen LogP contribution in [0.15, 0.2) is 58.3 Å². The van der Waals surface area contributed by atoms with Gasteiger partial charge in [0, 0.05) is 24.3 Å². The number of rotatable bonds is 4. The van der Waals surface area contributed by atoms with E-state index in [1.165, 1.54) is 36.4 Å². The summed E-state index contributed by atoms with van der Waals surface area (Å²) in [4.78, 5) is 20.0. The fraction of sp³-hybridized carbons (Fsp3) is 0. The summed E-state index contributed by atoms with van der Waals surface area (Å²) < 4.78 is 20.5. The van der Waals surface area contributed by atoms with Crippen molar-refractivity contribution in [2.75, 3.05) is 0 Å². The van der Waals surface area contributed by atoms with Gasteiger partial charge >= 0.3 is 0 Å². The van der Waals surface area contributed by atoms with Gasteiger partial charge in [-0.05, 0) is 12.1 Å². The molecule has 0 radical (unpaired) electrons. The number of non-ortho nitro benzene ring substituents is 2. The highest BCUT2D eigenvalue weighted by atomic mass is 32.2. The minimum Gasteiger partial charge on any atom is -0.258 e. The standard InChI is InChI=1S/C12H9N3O5S/c13-21(20,11-5-1-3-9(7-11)14(16)17)12-6-2-4-10(8-12)15(18)19/h1-8,13H. The van der Waals surface area contributed by atoms with Crippen molar-refractivity contribution >= 4 is 21.1 Å². The zero-order valence-corrected chi connectivity index (χ0v) is 11.3. The summed E-state index contributed by atoms with van der Waals surface area (Å²) in [7, 11) is -3.56. The second kappa shape index (κ2) is 5.29. The van der Waals surface area contributed by atoms with E-state index in [9.17, 15) is 24.4 Å². The maximum Gasteiger partial charge on any atom is 0.270 e. The van der Waals surface area contributed by atoms with Gasteiger partial charge in [0.25, 0.3) is 11.4 Å². The van der Waals surface area contributed by atoms with Crippen LogP contribution in [0.3, 0.4) is 0 Å². The molecule has 0 fully saturated rings. The molecular formula is C12H9N3O5S. The van der Waals surface area contributed by atoms with Crippen molar-refractivity contribution in [3.63, 3.8) is 0 Å². The normalized spacial score (nSPS) is 11.0. The van der Waals surface area contributed by atoms with Crippen molar-refractivity contribution in [2.45, 2.75) is 9.79 Å². The number of hydrogen-bond donors (Lipinski definition) is 1. The van der Waals surface area contributed by atoms with Crippen LogP contribution < -0.4 is 0 Å². The molecule has 0 atom stereocenters. The summed E-state index contributed by atoms with van der Waals surface area (Å²) in [6.07, 6.45) is 0. The highest BCUT2D eigenvalue weighted by molar-refractivity contribution is 7.92. The van der Waals surface area contributed by atoms with E-state index in [2.05, 4.69) is 0 Å². The third-order valence-electron chi connectivity index (χ3n) is 2.72. The number of nitro groups is 2. The third kappa shape index (κ3) is 2.87. The van der Waals surface area contributed by atoms with Crippen LogP contribution in [-0.2, 0) is 9.73 Å². The molecule has 0 aliphatic rings. The van der Waals surface area contributed by atoms with E-state index in [4.69, 9.17) is 4.78 Å². The molecule has 0 aromatic heterocycles. The van der Waals surface area contributed by atoms with Crippen molar-refractivity contribution in [1.29, 1.82) is 4.78 Å². The predicted molar refractivity (Wildman–Crippen MR) is 73.6 cm³/mol. The van der Waals surface area contributed by atoms with Gasteiger partial charge in [0.1, 0.15) is 9.73 Å². The molecule has 2 aromatic carbocycles. The van der Waals surface area contributed by atoms with Crippen LogP contribution in [0, 0.1) is 25.0 Å². The first-order valence-corrected chi connectivity index (χ1v) is 7.16. The zero-order valence-electron chi connectivity index (χ0n) is 10.5. The lowest BCUT2D eigenvalue weighted by molar-refractivity contribution is -0.385. The largest absolute Gasteiger partial charge is 0.270 e. The molecule has 0 saturated carbocycles. The predicted octanol–water partition coefficient (Wildman–Crippen LogP) is 2.97. The molecule has 0 unspecified atom stereocenters. The van der Waals surface area contributed by atoms with Crippen LogP contribution in [0.2, 0.25) is 0 Å². The average molecular weight is 307 g/mol. The lowest BCUT2D eigenvalue weighted by Crippen LogP contribution is -2.02. The molecule has 0 bridgehead atoms. The third-order valence-corrected chi connectivity index (χ3v) is 4.56. The maximum atomic E-state index is 12.6. The quantitative estimate of drug-likeness (QED) is 0.686. The molecule has 1 N–H and O–H groups in total. The minimum absolute atomic E-state index is 0.0720. The lowest BCUT2D eigenvalue weighted by Gasteiger charge is -2.07. The zero-order chi connectivity index (χ0) is 15.6. The highest BCUT2D eigenvalue weighted by Crippen LogP contribution is 2.27. The Bertz CT molecular complexity index is 769. The summed E-state index contributed by atoms with van der Waals surface area (Å²) in [6.45, 7) is 0. The van der Waals surface area contributed by atoms with E-state index < -0.39 is 19.6 Å². The van der Waals surface area contributed by atoms with Gasteiger partial charge in [-0.15, -0.1) is 0 Å². The van der Waals surface area contributed by atoms with E-state index in [1.54, 1.807) is 0 Å². The van der Waals surface area contributed by atoms with Crippen LogP contribution in [0.1, 0.15) is 0 Å². The number of nitro benzene ring substituents is 2. The van der Waals surface area contributed by atoms with Gasteiger partial charge in [-0.1, -0.05) is 12.1 Å². The second-order valence-corrected chi connectivity index (χ2v) is 6.12. The lowest BCUT2D eigenvalue weighted by atomic mass is 10.3. The smallest absolute Gasteiger partial charge is 0.258 e. The van der Waals surface area contributed by atoms with E-state index in [-0.39, 0.29) is 21.2 Å². The van der Waals surface area contributed by atoms with Crippen molar-refractivity contribution in [1.82, 2.24) is 0 Å². The van der Waals surface area contributed by atoms with Crippen molar-refractivity contribution in [3.05, 3.63) is 68.8 Å². The first kappa shape index (κ1) is 14.6. The molecule has 0 saturated heterocycles. The Morgan fingerprint density at radius 3 is 1.57 bits per heavy atom. The SMILES string of the molecule is N=S(=O)(c1cccc([N+](=O)[O-])c1)c1cccc([N+](=O)[O-])c1. The van der Waals surface area contributed by atoms with Gasteiger partial charge in [-0.25, -0.2) is 8.99 Å². The summed E-state index contributed by atoms with van der Waals surface area (Å²) >= 11 is 0. The molecule has 8 nitrogen and oxygen atoms in total. The second-order valence-electron chi connectivity index (χ2n) is 4.07. The molecule has 0 amide bonds. The Labute approximate surface area is 119 Å². The highest BCUT2D eigenvalue weighted by Gasteiger charge is 2.19. The van der Waals surface area contributed by atoms with Crippen LogP contribution in [0.4, 0.5) is 11.4 Å². The molecule has 0 spiro atoms. The average Bonchev–Trinajstić information content (AvgIpc) is 2.47. The van der Waals surface area contributed by atoms with Crippen LogP contribution in [0.5, 0.6) is 0 Å². The summed E-state index contributed by atoms with van der Waals surface area (Å²) in [6, 6.07) is 9.78. The fourth-order valence-corrected chi connectivity index (χ4v) is 3.07. The van der Waals surface area contributed by atoms with Crippen LogP contribution in [-0.4, -0.2) is 14.1 Å². The van der Waals surface area contributed by atoms with E-state index >= 15 is 0 Å². The monoisotopic (exact) mass is 307 g/mol. The first-order valence-electron chi connectivity index (χ1n) is 5.60. The van der Waals surface area contributed by atoms with Crippen molar-refractivity contribution in [2.24, 2.45) is 0 Å². The molecule has 2 rings (SSSR count). The number of nitrogens with zero attached hydrogens (tertiary/aromatic N) is 2. The van der Waals surface area contributed by atoms with Gasteiger partial charge in [0.15, 0.2) is 0 Å². The molecule has 9 heteroatoms. The minimum atomic E-state index is -3.56. The summed E-state index contributed by atoms with van der Waals surface area (Å²) in [5, 5.41) is 21.4. The van der Waals surface area contributed by atoms with Gasteiger partial charge in [-0.2, -0.15) is 0 Å². The Morgan fingerprint density at radius 2 is 1.24 bits per heavy atom. The van der Waals surface area contributed by atoms with Crippen molar-refractivity contribution in [3.8, 4) is 0 Å². The van der Waals surface area contributed by atoms with Crippen molar-refractivity contribution < 1.29 is 14.1 Å². The maximum absolute atomic E-state index is 12.6.